The number of hydrogen-bond acceptors (Lipinski definition) is 3. The second-order valence-electron chi connectivity index (χ2n) is 6.24. The number of fused-ring (bicyclic) bond motifs is 2. The van der Waals surface area contributed by atoms with Gasteiger partial charge in [0.1, 0.15) is 5.60 Å². The Morgan fingerprint density at radius 3 is 2.56 bits per heavy atom. The monoisotopic (exact) mass is 226 g/mol. The number of rotatable bonds is 1. The first-order chi connectivity index (χ1) is 7.28. The Balaban J connectivity index is 1.92. The van der Waals surface area contributed by atoms with Crippen LogP contribution in [0, 0.1) is 0 Å². The molecule has 2 fully saturated rings. The third kappa shape index (κ3) is 2.32. The van der Waals surface area contributed by atoms with Gasteiger partial charge in [-0.15, -0.1) is 0 Å². The summed E-state index contributed by atoms with van der Waals surface area (Å²) in [6.07, 6.45) is 3.09. The average Bonchev–Trinajstić information content (AvgIpc) is 2.57. The molecule has 16 heavy (non-hydrogen) atoms. The zero-order valence-corrected chi connectivity index (χ0v) is 10.6. The molecule has 2 N–H and O–H groups in total. The minimum absolute atomic E-state index is 0.134. The van der Waals surface area contributed by atoms with Crippen LogP contribution in [-0.4, -0.2) is 29.3 Å². The van der Waals surface area contributed by atoms with Gasteiger partial charge in [0.2, 0.25) is 0 Å². The summed E-state index contributed by atoms with van der Waals surface area (Å²) in [6.45, 7) is 7.75. The van der Waals surface area contributed by atoms with Gasteiger partial charge in [0, 0.05) is 12.1 Å². The van der Waals surface area contributed by atoms with Crippen molar-refractivity contribution < 1.29 is 9.53 Å². The Kier molecular flexibility index (Phi) is 2.65. The number of nitrogens with one attached hydrogen (secondary N) is 2. The Labute approximate surface area is 97.1 Å². The lowest BCUT2D eigenvalue weighted by Crippen LogP contribution is -2.54. The fourth-order valence-corrected chi connectivity index (χ4v) is 2.81. The molecule has 2 aliphatic heterocycles. The fourth-order valence-electron chi connectivity index (χ4n) is 2.81. The van der Waals surface area contributed by atoms with Crippen LogP contribution in [0.25, 0.3) is 0 Å². The molecule has 0 aliphatic carbocycles. The predicted octanol–water partition coefficient (Wildman–Crippen LogP) is 1.79. The second kappa shape index (κ2) is 3.62. The highest BCUT2D eigenvalue weighted by molar-refractivity contribution is 5.69. The topological polar surface area (TPSA) is 50.4 Å². The summed E-state index contributed by atoms with van der Waals surface area (Å²) in [5.41, 5.74) is -0.559. The molecule has 1 amide bonds. The number of ether oxygens (including phenoxy) is 1. The summed E-state index contributed by atoms with van der Waals surface area (Å²) in [5.74, 6) is 0. The lowest BCUT2D eigenvalue weighted by atomic mass is 9.83. The van der Waals surface area contributed by atoms with Crippen molar-refractivity contribution in [2.75, 3.05) is 0 Å². The summed E-state index contributed by atoms with van der Waals surface area (Å²) in [6, 6.07) is 0.981. The molecule has 2 rings (SSSR count). The summed E-state index contributed by atoms with van der Waals surface area (Å²) in [7, 11) is 0. The maximum absolute atomic E-state index is 11.7. The highest BCUT2D eigenvalue weighted by Gasteiger charge is 2.48. The van der Waals surface area contributed by atoms with Crippen molar-refractivity contribution >= 4 is 6.09 Å². The van der Waals surface area contributed by atoms with E-state index in [4.69, 9.17) is 4.74 Å². The molecule has 0 radical (unpaired) electrons. The Morgan fingerprint density at radius 1 is 1.44 bits per heavy atom. The van der Waals surface area contributed by atoms with E-state index in [1.165, 1.54) is 6.42 Å². The van der Waals surface area contributed by atoms with Crippen LogP contribution in [0.3, 0.4) is 0 Å². The Morgan fingerprint density at radius 2 is 2.12 bits per heavy atom. The largest absolute Gasteiger partial charge is 0.444 e. The lowest BCUT2D eigenvalue weighted by Gasteiger charge is -2.34. The van der Waals surface area contributed by atoms with Gasteiger partial charge in [0.05, 0.1) is 5.54 Å². The molecule has 3 atom stereocenters. The summed E-state index contributed by atoms with van der Waals surface area (Å²) >= 11 is 0. The smallest absolute Gasteiger partial charge is 0.408 e. The molecule has 92 valence electrons. The molecule has 2 bridgehead atoms. The summed E-state index contributed by atoms with van der Waals surface area (Å²) in [5, 5.41) is 6.54. The van der Waals surface area contributed by atoms with Crippen LogP contribution in [0.1, 0.15) is 47.0 Å². The summed E-state index contributed by atoms with van der Waals surface area (Å²) < 4.78 is 5.29. The first kappa shape index (κ1) is 11.7. The van der Waals surface area contributed by atoms with Crippen LogP contribution in [0.5, 0.6) is 0 Å². The first-order valence-corrected chi connectivity index (χ1v) is 6.06. The number of carbonyl (C=O) groups is 1. The molecule has 0 saturated carbocycles. The van der Waals surface area contributed by atoms with Gasteiger partial charge in [-0.25, -0.2) is 4.79 Å². The molecule has 0 spiro atoms. The number of hydrogen-bond donors (Lipinski definition) is 2. The van der Waals surface area contributed by atoms with E-state index in [0.717, 1.165) is 12.8 Å². The van der Waals surface area contributed by atoms with Gasteiger partial charge in [-0.2, -0.15) is 0 Å². The van der Waals surface area contributed by atoms with Gasteiger partial charge in [-0.1, -0.05) is 0 Å². The van der Waals surface area contributed by atoms with E-state index < -0.39 is 5.60 Å². The molecule has 4 nitrogen and oxygen atoms in total. The van der Waals surface area contributed by atoms with Crippen molar-refractivity contribution in [2.45, 2.75) is 70.2 Å². The van der Waals surface area contributed by atoms with Gasteiger partial charge in [-0.3, -0.25) is 0 Å². The van der Waals surface area contributed by atoms with E-state index in [0.29, 0.717) is 12.1 Å². The summed E-state index contributed by atoms with van der Waals surface area (Å²) in [4.78, 5) is 11.7. The van der Waals surface area contributed by atoms with E-state index in [1.807, 2.05) is 20.8 Å². The minimum Gasteiger partial charge on any atom is -0.444 e. The van der Waals surface area contributed by atoms with Gasteiger partial charge in [0.15, 0.2) is 0 Å². The van der Waals surface area contributed by atoms with Crippen molar-refractivity contribution in [1.82, 2.24) is 10.6 Å². The highest BCUT2D eigenvalue weighted by Crippen LogP contribution is 2.36. The normalized spacial score (nSPS) is 37.5. The zero-order valence-electron chi connectivity index (χ0n) is 10.6. The maximum Gasteiger partial charge on any atom is 0.408 e. The van der Waals surface area contributed by atoms with Crippen molar-refractivity contribution in [3.8, 4) is 0 Å². The predicted molar refractivity (Wildman–Crippen MR) is 62.3 cm³/mol. The molecular weight excluding hydrogens is 204 g/mol. The number of alkyl carbamates (subject to hydrolysis) is 1. The fraction of sp³-hybridized carbons (Fsp3) is 0.917. The molecule has 4 heteroatoms. The molecule has 2 heterocycles. The minimum atomic E-state index is -0.425. The van der Waals surface area contributed by atoms with Crippen LogP contribution < -0.4 is 10.6 Å². The van der Waals surface area contributed by atoms with Crippen molar-refractivity contribution in [2.24, 2.45) is 0 Å². The number of carbonyl (C=O) groups excluding carboxylic acids is 1. The average molecular weight is 226 g/mol. The van der Waals surface area contributed by atoms with Crippen LogP contribution in [0.15, 0.2) is 0 Å². The second-order valence-corrected chi connectivity index (χ2v) is 6.24. The molecule has 2 aliphatic rings. The van der Waals surface area contributed by atoms with Crippen LogP contribution >= 0.6 is 0 Å². The van der Waals surface area contributed by atoms with Crippen molar-refractivity contribution in [3.05, 3.63) is 0 Å². The van der Waals surface area contributed by atoms with Gasteiger partial charge in [0.25, 0.3) is 0 Å². The van der Waals surface area contributed by atoms with E-state index in [1.54, 1.807) is 0 Å². The third-order valence-electron chi connectivity index (χ3n) is 3.47. The third-order valence-corrected chi connectivity index (χ3v) is 3.47. The SMILES string of the molecule is CC(C)(C)OC(=O)N[C@@]1(C)C[C@@H]2CC[C@H]1N2. The maximum atomic E-state index is 11.7. The first-order valence-electron chi connectivity index (χ1n) is 6.06. The van der Waals surface area contributed by atoms with Crippen molar-refractivity contribution in [1.29, 1.82) is 0 Å². The van der Waals surface area contributed by atoms with Crippen LogP contribution in [-0.2, 0) is 4.74 Å². The van der Waals surface area contributed by atoms with Gasteiger partial charge < -0.3 is 15.4 Å². The lowest BCUT2D eigenvalue weighted by molar-refractivity contribution is 0.0448. The standard InChI is InChI=1S/C12H22N2O2/c1-11(2,3)16-10(15)14-12(4)7-8-5-6-9(12)13-8/h8-9,13H,5-7H2,1-4H3,(H,14,15)/t8-,9+,12-/m0/s1. The Bertz CT molecular complexity index is 298. The molecule has 0 aromatic heterocycles. The van der Waals surface area contributed by atoms with Crippen LogP contribution in [0.2, 0.25) is 0 Å². The molecular formula is C12H22N2O2. The zero-order chi connectivity index (χ0) is 12.0. The molecule has 2 saturated heterocycles. The molecule has 0 aromatic carbocycles. The molecule has 0 aromatic rings. The van der Waals surface area contributed by atoms with Gasteiger partial charge in [-0.05, 0) is 47.0 Å². The quantitative estimate of drug-likeness (QED) is 0.716. The Hall–Kier alpha value is -0.770. The molecule has 0 unspecified atom stereocenters. The van der Waals surface area contributed by atoms with E-state index in [9.17, 15) is 4.79 Å². The van der Waals surface area contributed by atoms with E-state index in [2.05, 4.69) is 17.6 Å². The van der Waals surface area contributed by atoms with E-state index in [-0.39, 0.29) is 11.6 Å². The van der Waals surface area contributed by atoms with Gasteiger partial charge >= 0.3 is 6.09 Å². The van der Waals surface area contributed by atoms with E-state index >= 15 is 0 Å². The van der Waals surface area contributed by atoms with Crippen LogP contribution in [0.4, 0.5) is 4.79 Å². The number of amides is 1. The highest BCUT2D eigenvalue weighted by atomic mass is 16.6. The van der Waals surface area contributed by atoms with Crippen molar-refractivity contribution in [3.63, 3.8) is 0 Å².